The van der Waals surface area contributed by atoms with Gasteiger partial charge in [-0.05, 0) is 30.3 Å². The van der Waals surface area contributed by atoms with E-state index >= 15 is 0 Å². The Kier molecular flexibility index (Phi) is 4.86. The van der Waals surface area contributed by atoms with Crippen LogP contribution in [0.15, 0.2) is 54.7 Å². The highest BCUT2D eigenvalue weighted by atomic mass is 35.5. The van der Waals surface area contributed by atoms with Crippen molar-refractivity contribution in [3.8, 4) is 0 Å². The van der Waals surface area contributed by atoms with Gasteiger partial charge in [-0.1, -0.05) is 53.0 Å². The molecular formula is C16H11Cl3N4. The summed E-state index contributed by atoms with van der Waals surface area (Å²) in [5.74, 6) is 1.000. The Bertz CT molecular complexity index is 839. The first-order valence-electron chi connectivity index (χ1n) is 6.69. The molecule has 0 bridgehead atoms. The largest absolute Gasteiger partial charge is 0.339 e. The zero-order chi connectivity index (χ0) is 16.2. The van der Waals surface area contributed by atoms with Gasteiger partial charge in [0.1, 0.15) is 5.82 Å². The van der Waals surface area contributed by atoms with Crippen molar-refractivity contribution in [3.63, 3.8) is 0 Å². The molecule has 2 aromatic carbocycles. The summed E-state index contributed by atoms with van der Waals surface area (Å²) in [6.07, 6.45) is 1.63. The molecule has 0 radical (unpaired) electrons. The fraction of sp³-hybridized carbons (Fsp3) is 0. The summed E-state index contributed by atoms with van der Waals surface area (Å²) < 4.78 is 0. The van der Waals surface area contributed by atoms with Gasteiger partial charge in [0.2, 0.25) is 5.95 Å². The lowest BCUT2D eigenvalue weighted by atomic mass is 10.3. The Morgan fingerprint density at radius 3 is 2.30 bits per heavy atom. The highest BCUT2D eigenvalue weighted by Gasteiger charge is 2.07. The Morgan fingerprint density at radius 2 is 1.48 bits per heavy atom. The number of rotatable bonds is 4. The van der Waals surface area contributed by atoms with Crippen LogP contribution in [0.25, 0.3) is 0 Å². The molecule has 2 N–H and O–H groups in total. The van der Waals surface area contributed by atoms with E-state index in [2.05, 4.69) is 20.6 Å². The maximum atomic E-state index is 6.16. The minimum absolute atomic E-state index is 0.418. The van der Waals surface area contributed by atoms with E-state index in [1.807, 2.05) is 24.3 Å². The molecule has 3 aromatic rings. The molecule has 23 heavy (non-hydrogen) atoms. The van der Waals surface area contributed by atoms with Crippen molar-refractivity contribution < 1.29 is 0 Å². The normalized spacial score (nSPS) is 10.4. The molecule has 4 nitrogen and oxygen atoms in total. The van der Waals surface area contributed by atoms with Crippen LogP contribution in [0.2, 0.25) is 15.1 Å². The van der Waals surface area contributed by atoms with Gasteiger partial charge in [0.15, 0.2) is 0 Å². The summed E-state index contributed by atoms with van der Waals surface area (Å²) in [5.41, 5.74) is 1.40. The fourth-order valence-electron chi connectivity index (χ4n) is 1.91. The molecule has 0 amide bonds. The molecule has 0 atom stereocenters. The molecule has 3 rings (SSSR count). The molecular weight excluding hydrogens is 355 g/mol. The van der Waals surface area contributed by atoms with Crippen molar-refractivity contribution in [1.82, 2.24) is 9.97 Å². The zero-order valence-electron chi connectivity index (χ0n) is 11.7. The van der Waals surface area contributed by atoms with Crippen molar-refractivity contribution in [1.29, 1.82) is 0 Å². The average molecular weight is 366 g/mol. The molecule has 116 valence electrons. The van der Waals surface area contributed by atoms with Crippen LogP contribution in [0.4, 0.5) is 23.1 Å². The standard InChI is InChI=1S/C16H11Cl3N4/c17-10-4-1-2-6-12(10)22-16-20-9-8-14(23-16)21-13-7-3-5-11(18)15(13)19/h1-9H,(H2,20,21,22,23). The van der Waals surface area contributed by atoms with Crippen LogP contribution < -0.4 is 10.6 Å². The third-order valence-corrected chi connectivity index (χ3v) is 4.14. The van der Waals surface area contributed by atoms with E-state index in [9.17, 15) is 0 Å². The van der Waals surface area contributed by atoms with Crippen LogP contribution in [0.3, 0.4) is 0 Å². The summed E-state index contributed by atoms with van der Waals surface area (Å²) >= 11 is 18.3. The first kappa shape index (κ1) is 15.9. The Hall–Kier alpha value is -2.01. The van der Waals surface area contributed by atoms with E-state index in [1.54, 1.807) is 30.5 Å². The second-order valence-corrected chi connectivity index (χ2v) is 5.79. The Balaban J connectivity index is 1.83. The molecule has 0 aliphatic carbocycles. The number of hydrogen-bond donors (Lipinski definition) is 2. The van der Waals surface area contributed by atoms with Gasteiger partial charge in [0.25, 0.3) is 0 Å². The van der Waals surface area contributed by atoms with E-state index in [0.29, 0.717) is 32.5 Å². The SMILES string of the molecule is Clc1ccccc1Nc1nccc(Nc2cccc(Cl)c2Cl)n1. The monoisotopic (exact) mass is 364 g/mol. The van der Waals surface area contributed by atoms with Crippen LogP contribution in [-0.2, 0) is 0 Å². The van der Waals surface area contributed by atoms with Crippen molar-refractivity contribution >= 4 is 57.9 Å². The minimum Gasteiger partial charge on any atom is -0.339 e. The van der Waals surface area contributed by atoms with Gasteiger partial charge < -0.3 is 10.6 Å². The number of hydrogen-bond acceptors (Lipinski definition) is 4. The molecule has 0 spiro atoms. The van der Waals surface area contributed by atoms with Gasteiger partial charge in [0, 0.05) is 6.20 Å². The molecule has 0 unspecified atom stereocenters. The van der Waals surface area contributed by atoms with Gasteiger partial charge in [-0.25, -0.2) is 4.98 Å². The fourth-order valence-corrected chi connectivity index (χ4v) is 2.44. The lowest BCUT2D eigenvalue weighted by Gasteiger charge is -2.10. The van der Waals surface area contributed by atoms with Gasteiger partial charge in [-0.3, -0.25) is 0 Å². The summed E-state index contributed by atoms with van der Waals surface area (Å²) in [5, 5.41) is 7.69. The highest BCUT2D eigenvalue weighted by Crippen LogP contribution is 2.31. The molecule has 1 aromatic heterocycles. The maximum Gasteiger partial charge on any atom is 0.229 e. The Morgan fingerprint density at radius 1 is 0.739 bits per heavy atom. The first-order chi connectivity index (χ1) is 11.1. The van der Waals surface area contributed by atoms with E-state index in [0.717, 1.165) is 5.69 Å². The minimum atomic E-state index is 0.418. The topological polar surface area (TPSA) is 49.8 Å². The van der Waals surface area contributed by atoms with Crippen LogP contribution in [0.5, 0.6) is 0 Å². The van der Waals surface area contributed by atoms with E-state index in [1.165, 1.54) is 0 Å². The zero-order valence-corrected chi connectivity index (χ0v) is 14.0. The Labute approximate surface area is 148 Å². The molecule has 0 aliphatic heterocycles. The number of halogens is 3. The predicted octanol–water partition coefficient (Wildman–Crippen LogP) is 5.92. The number of aromatic nitrogens is 2. The second-order valence-electron chi connectivity index (χ2n) is 4.60. The van der Waals surface area contributed by atoms with E-state index < -0.39 is 0 Å². The number of nitrogens with zero attached hydrogens (tertiary/aromatic N) is 2. The van der Waals surface area contributed by atoms with Crippen LogP contribution in [0.1, 0.15) is 0 Å². The lowest BCUT2D eigenvalue weighted by molar-refractivity contribution is 1.17. The molecule has 0 fully saturated rings. The predicted molar refractivity (Wildman–Crippen MR) is 96.5 cm³/mol. The van der Waals surface area contributed by atoms with Gasteiger partial charge in [-0.15, -0.1) is 0 Å². The molecule has 7 heteroatoms. The lowest BCUT2D eigenvalue weighted by Crippen LogP contribution is -2.01. The second kappa shape index (κ2) is 7.04. The van der Waals surface area contributed by atoms with Crippen molar-refractivity contribution in [3.05, 3.63) is 69.8 Å². The van der Waals surface area contributed by atoms with Crippen molar-refractivity contribution in [2.24, 2.45) is 0 Å². The number of para-hydroxylation sites is 1. The summed E-state index contributed by atoms with van der Waals surface area (Å²) in [4.78, 5) is 8.56. The third kappa shape index (κ3) is 3.85. The molecule has 0 saturated carbocycles. The van der Waals surface area contributed by atoms with Crippen molar-refractivity contribution in [2.75, 3.05) is 10.6 Å². The van der Waals surface area contributed by atoms with E-state index in [4.69, 9.17) is 34.8 Å². The average Bonchev–Trinajstić information content (AvgIpc) is 2.55. The highest BCUT2D eigenvalue weighted by molar-refractivity contribution is 6.43. The third-order valence-electron chi connectivity index (χ3n) is 2.99. The first-order valence-corrected chi connectivity index (χ1v) is 7.82. The van der Waals surface area contributed by atoms with Crippen LogP contribution in [0, 0.1) is 0 Å². The summed E-state index contributed by atoms with van der Waals surface area (Å²) in [7, 11) is 0. The van der Waals surface area contributed by atoms with Gasteiger partial charge in [-0.2, -0.15) is 4.98 Å². The van der Waals surface area contributed by atoms with Gasteiger partial charge in [0.05, 0.1) is 26.4 Å². The summed E-state index contributed by atoms with van der Waals surface area (Å²) in [6.45, 7) is 0. The van der Waals surface area contributed by atoms with Gasteiger partial charge >= 0.3 is 0 Å². The maximum absolute atomic E-state index is 6.16. The summed E-state index contributed by atoms with van der Waals surface area (Å²) in [6, 6.07) is 14.4. The smallest absolute Gasteiger partial charge is 0.229 e. The molecule has 1 heterocycles. The number of nitrogens with one attached hydrogen (secondary N) is 2. The van der Waals surface area contributed by atoms with Crippen molar-refractivity contribution in [2.45, 2.75) is 0 Å². The van der Waals surface area contributed by atoms with Crippen LogP contribution >= 0.6 is 34.8 Å². The quantitative estimate of drug-likeness (QED) is 0.602. The molecule has 0 saturated heterocycles. The van der Waals surface area contributed by atoms with E-state index in [-0.39, 0.29) is 0 Å². The molecule has 0 aliphatic rings. The van der Waals surface area contributed by atoms with Crippen LogP contribution in [-0.4, -0.2) is 9.97 Å². The number of benzene rings is 2. The number of anilines is 4.